The van der Waals surface area contributed by atoms with E-state index in [0.29, 0.717) is 18.7 Å². The standard InChI is InChI=1S/C20H25NO4S2/c1-14-6-7-18(11-15(14)2)25-16(3)20(22)21(12-19-5-4-9-26-19)17-8-10-27(23,24)13-17/h4-7,9,11,16-17H,8,10,12-13H2,1-3H3/t16-,17+/m1/s1. The van der Waals surface area contributed by atoms with Gasteiger partial charge in [0.15, 0.2) is 15.9 Å². The molecule has 1 aliphatic rings. The summed E-state index contributed by atoms with van der Waals surface area (Å²) in [6.45, 7) is 6.16. The highest BCUT2D eigenvalue weighted by atomic mass is 32.2. The fourth-order valence-corrected chi connectivity index (χ4v) is 5.69. The summed E-state index contributed by atoms with van der Waals surface area (Å²) in [7, 11) is -3.08. The van der Waals surface area contributed by atoms with Gasteiger partial charge in [0.2, 0.25) is 0 Å². The van der Waals surface area contributed by atoms with Gasteiger partial charge < -0.3 is 9.64 Å². The van der Waals surface area contributed by atoms with Crippen LogP contribution in [0.4, 0.5) is 0 Å². The molecule has 0 spiro atoms. The SMILES string of the molecule is Cc1ccc(O[C@H](C)C(=O)N(Cc2cccs2)[C@H]2CCS(=O)(=O)C2)cc1C. The maximum atomic E-state index is 13.1. The van der Waals surface area contributed by atoms with Gasteiger partial charge >= 0.3 is 0 Å². The first-order valence-corrected chi connectivity index (χ1v) is 11.7. The smallest absolute Gasteiger partial charge is 0.263 e. The molecule has 1 aliphatic heterocycles. The van der Waals surface area contributed by atoms with E-state index in [9.17, 15) is 13.2 Å². The Hall–Kier alpha value is -1.86. The van der Waals surface area contributed by atoms with Crippen molar-refractivity contribution in [1.82, 2.24) is 4.90 Å². The second-order valence-corrected chi connectivity index (χ2v) is 10.4. The van der Waals surface area contributed by atoms with E-state index in [2.05, 4.69) is 0 Å². The van der Waals surface area contributed by atoms with E-state index in [1.807, 2.05) is 49.6 Å². The number of benzene rings is 1. The highest BCUT2D eigenvalue weighted by Gasteiger charge is 2.36. The van der Waals surface area contributed by atoms with Crippen molar-refractivity contribution >= 4 is 27.1 Å². The summed E-state index contributed by atoms with van der Waals surface area (Å²) in [4.78, 5) is 15.9. The molecule has 5 nitrogen and oxygen atoms in total. The summed E-state index contributed by atoms with van der Waals surface area (Å²) in [5, 5.41) is 1.96. The molecule has 0 unspecified atom stereocenters. The lowest BCUT2D eigenvalue weighted by molar-refractivity contribution is -0.140. The maximum absolute atomic E-state index is 13.1. The van der Waals surface area contributed by atoms with E-state index in [1.165, 1.54) is 0 Å². The molecule has 2 aromatic rings. The molecule has 7 heteroatoms. The minimum absolute atomic E-state index is 0.0282. The fourth-order valence-electron chi connectivity index (χ4n) is 3.25. The molecular weight excluding hydrogens is 382 g/mol. The van der Waals surface area contributed by atoms with E-state index in [0.717, 1.165) is 16.0 Å². The van der Waals surface area contributed by atoms with Crippen LogP contribution in [0, 0.1) is 13.8 Å². The van der Waals surface area contributed by atoms with E-state index in [4.69, 9.17) is 4.74 Å². The Balaban J connectivity index is 1.77. The summed E-state index contributed by atoms with van der Waals surface area (Å²) in [6, 6.07) is 9.34. The Kier molecular flexibility index (Phi) is 5.91. The number of rotatable bonds is 6. The number of nitrogens with zero attached hydrogens (tertiary/aromatic N) is 1. The average molecular weight is 408 g/mol. The minimum Gasteiger partial charge on any atom is -0.481 e. The number of thiophene rings is 1. The lowest BCUT2D eigenvalue weighted by Crippen LogP contribution is -2.46. The predicted molar refractivity (Wildman–Crippen MR) is 108 cm³/mol. The summed E-state index contributed by atoms with van der Waals surface area (Å²) in [5.74, 6) is 0.636. The quantitative estimate of drug-likeness (QED) is 0.737. The van der Waals surface area contributed by atoms with Gasteiger partial charge in [-0.3, -0.25) is 4.79 Å². The molecule has 3 rings (SSSR count). The van der Waals surface area contributed by atoms with Gasteiger partial charge in [0.1, 0.15) is 5.75 Å². The van der Waals surface area contributed by atoms with Crippen molar-refractivity contribution in [2.24, 2.45) is 0 Å². The van der Waals surface area contributed by atoms with Gasteiger partial charge in [-0.05, 0) is 61.9 Å². The lowest BCUT2D eigenvalue weighted by atomic mass is 10.1. The van der Waals surface area contributed by atoms with Crippen LogP contribution in [0.15, 0.2) is 35.7 Å². The summed E-state index contributed by atoms with van der Waals surface area (Å²) < 4.78 is 29.8. The van der Waals surface area contributed by atoms with Crippen LogP contribution in [0.1, 0.15) is 29.3 Å². The number of carbonyl (C=O) groups excluding carboxylic acids is 1. The molecule has 1 aromatic heterocycles. The monoisotopic (exact) mass is 407 g/mol. The number of amides is 1. The fraction of sp³-hybridized carbons (Fsp3) is 0.450. The normalized spacial score (nSPS) is 19.6. The number of hydrogen-bond donors (Lipinski definition) is 0. The number of aryl methyl sites for hydroxylation is 2. The number of ether oxygens (including phenoxy) is 1. The minimum atomic E-state index is -3.08. The first-order valence-electron chi connectivity index (χ1n) is 9.02. The van der Waals surface area contributed by atoms with Crippen LogP contribution in [0.2, 0.25) is 0 Å². The van der Waals surface area contributed by atoms with Crippen molar-refractivity contribution in [2.45, 2.75) is 45.9 Å². The van der Waals surface area contributed by atoms with Gasteiger partial charge in [0, 0.05) is 10.9 Å². The second kappa shape index (κ2) is 8.02. The Morgan fingerprint density at radius 2 is 2.07 bits per heavy atom. The first-order chi connectivity index (χ1) is 12.7. The topological polar surface area (TPSA) is 63.7 Å². The molecule has 0 aliphatic carbocycles. The molecule has 2 atom stereocenters. The summed E-state index contributed by atoms with van der Waals surface area (Å²) in [5.41, 5.74) is 2.27. The van der Waals surface area contributed by atoms with Gasteiger partial charge in [-0.1, -0.05) is 12.1 Å². The van der Waals surface area contributed by atoms with Gasteiger partial charge in [-0.15, -0.1) is 11.3 Å². The third-order valence-electron chi connectivity index (χ3n) is 4.98. The van der Waals surface area contributed by atoms with Gasteiger partial charge in [-0.2, -0.15) is 0 Å². The van der Waals surface area contributed by atoms with E-state index < -0.39 is 15.9 Å². The zero-order valence-corrected chi connectivity index (χ0v) is 17.5. The molecule has 0 saturated carbocycles. The van der Waals surface area contributed by atoms with Crippen LogP contribution in [0.3, 0.4) is 0 Å². The maximum Gasteiger partial charge on any atom is 0.263 e. The zero-order valence-electron chi connectivity index (χ0n) is 15.8. The first kappa shape index (κ1) is 19.9. The largest absolute Gasteiger partial charge is 0.481 e. The molecule has 27 heavy (non-hydrogen) atoms. The zero-order chi connectivity index (χ0) is 19.6. The molecule has 146 valence electrons. The van der Waals surface area contributed by atoms with Crippen LogP contribution in [0.5, 0.6) is 5.75 Å². The van der Waals surface area contributed by atoms with Crippen LogP contribution in [0.25, 0.3) is 0 Å². The van der Waals surface area contributed by atoms with Crippen molar-refractivity contribution in [3.63, 3.8) is 0 Å². The van der Waals surface area contributed by atoms with E-state index in [1.54, 1.807) is 23.2 Å². The van der Waals surface area contributed by atoms with E-state index >= 15 is 0 Å². The predicted octanol–water partition coefficient (Wildman–Crippen LogP) is 3.35. The highest BCUT2D eigenvalue weighted by Crippen LogP contribution is 2.24. The molecule has 1 fully saturated rings. The van der Waals surface area contributed by atoms with Crippen molar-refractivity contribution in [3.05, 3.63) is 51.7 Å². The molecule has 1 saturated heterocycles. The van der Waals surface area contributed by atoms with Gasteiger partial charge in [0.05, 0.1) is 18.1 Å². The molecular formula is C20H25NO4S2. The van der Waals surface area contributed by atoms with Crippen molar-refractivity contribution in [3.8, 4) is 5.75 Å². The molecule has 1 amide bonds. The Morgan fingerprint density at radius 1 is 1.30 bits per heavy atom. The Labute approximate surface area is 164 Å². The van der Waals surface area contributed by atoms with E-state index in [-0.39, 0.29) is 23.5 Å². The summed E-state index contributed by atoms with van der Waals surface area (Å²) in [6.07, 6.45) is -0.203. The van der Waals surface area contributed by atoms with Crippen LogP contribution < -0.4 is 4.74 Å². The van der Waals surface area contributed by atoms with Crippen molar-refractivity contribution in [1.29, 1.82) is 0 Å². The van der Waals surface area contributed by atoms with Crippen LogP contribution in [-0.2, 0) is 21.2 Å². The van der Waals surface area contributed by atoms with Gasteiger partial charge in [0.25, 0.3) is 5.91 Å². The molecule has 2 heterocycles. The number of sulfone groups is 1. The second-order valence-electron chi connectivity index (χ2n) is 7.11. The Bertz CT molecular complexity index is 906. The average Bonchev–Trinajstić information content (AvgIpc) is 3.24. The van der Waals surface area contributed by atoms with Crippen molar-refractivity contribution in [2.75, 3.05) is 11.5 Å². The molecule has 0 radical (unpaired) electrons. The lowest BCUT2D eigenvalue weighted by Gasteiger charge is -2.30. The van der Waals surface area contributed by atoms with Crippen molar-refractivity contribution < 1.29 is 17.9 Å². The summed E-state index contributed by atoms with van der Waals surface area (Å²) >= 11 is 1.56. The third kappa shape index (κ3) is 4.90. The highest BCUT2D eigenvalue weighted by molar-refractivity contribution is 7.91. The Morgan fingerprint density at radius 3 is 2.67 bits per heavy atom. The third-order valence-corrected chi connectivity index (χ3v) is 7.59. The molecule has 1 aromatic carbocycles. The van der Waals surface area contributed by atoms with Gasteiger partial charge in [-0.25, -0.2) is 8.42 Å². The number of hydrogen-bond acceptors (Lipinski definition) is 5. The number of carbonyl (C=O) groups is 1. The molecule has 0 N–H and O–H groups in total. The molecule has 0 bridgehead atoms. The van der Waals surface area contributed by atoms with Crippen LogP contribution in [-0.4, -0.2) is 42.9 Å². The van der Waals surface area contributed by atoms with Crippen LogP contribution >= 0.6 is 11.3 Å².